The first-order chi connectivity index (χ1) is 17.0. The summed E-state index contributed by atoms with van der Waals surface area (Å²) in [6.07, 6.45) is 0.915. The number of carbonyl (C=O) groups excluding carboxylic acids is 2. The highest BCUT2D eigenvalue weighted by Gasteiger charge is 2.28. The molecule has 35 heavy (non-hydrogen) atoms. The number of anilines is 1. The van der Waals surface area contributed by atoms with Crippen LogP contribution in [0.5, 0.6) is 0 Å². The van der Waals surface area contributed by atoms with E-state index in [2.05, 4.69) is 16.1 Å². The number of rotatable bonds is 6. The van der Waals surface area contributed by atoms with Gasteiger partial charge in [0.05, 0.1) is 17.8 Å². The van der Waals surface area contributed by atoms with Gasteiger partial charge in [0.2, 0.25) is 5.91 Å². The predicted octanol–water partition coefficient (Wildman–Crippen LogP) is 3.93. The first kappa shape index (κ1) is 23.6. The van der Waals surface area contributed by atoms with E-state index in [0.717, 1.165) is 46.1 Å². The lowest BCUT2D eigenvalue weighted by Crippen LogP contribution is -2.51. The maximum atomic E-state index is 13.4. The molecular formula is C27H30N4O3S. The third kappa shape index (κ3) is 4.99. The standard InChI is InChI=1S/C27H30N4O3S/c1-19-23(20(2)34-28-19)18-35-25-10-6-4-8-22(25)27(33)30-15-13-29(14-16-30)17-26(32)31-12-11-21-7-3-5-9-24(21)31/h3-10H,11-18H2,1-2H3. The van der Waals surface area contributed by atoms with Crippen molar-refractivity contribution in [1.29, 1.82) is 0 Å². The number of aryl methyl sites for hydroxylation is 2. The van der Waals surface area contributed by atoms with Gasteiger partial charge in [-0.3, -0.25) is 14.5 Å². The summed E-state index contributed by atoms with van der Waals surface area (Å²) in [7, 11) is 0. The maximum absolute atomic E-state index is 13.4. The van der Waals surface area contributed by atoms with Crippen molar-refractivity contribution in [3.8, 4) is 0 Å². The van der Waals surface area contributed by atoms with Crippen molar-refractivity contribution in [2.75, 3.05) is 44.2 Å². The Labute approximate surface area is 210 Å². The third-order valence-electron chi connectivity index (χ3n) is 6.88. The number of carbonyl (C=O) groups is 2. The fourth-order valence-corrected chi connectivity index (χ4v) is 5.98. The van der Waals surface area contributed by atoms with Gasteiger partial charge in [-0.25, -0.2) is 0 Å². The van der Waals surface area contributed by atoms with Crippen molar-refractivity contribution >= 4 is 29.3 Å². The lowest BCUT2D eigenvalue weighted by molar-refractivity contribution is -0.120. The number of nitrogens with zero attached hydrogens (tertiary/aromatic N) is 4. The van der Waals surface area contributed by atoms with Gasteiger partial charge in [-0.2, -0.15) is 0 Å². The summed E-state index contributed by atoms with van der Waals surface area (Å²) < 4.78 is 5.27. The van der Waals surface area contributed by atoms with Gasteiger partial charge in [0.25, 0.3) is 5.91 Å². The Morgan fingerprint density at radius 1 is 0.971 bits per heavy atom. The monoisotopic (exact) mass is 490 g/mol. The van der Waals surface area contributed by atoms with Crippen LogP contribution in [0.3, 0.4) is 0 Å². The van der Waals surface area contributed by atoms with Crippen LogP contribution < -0.4 is 4.90 Å². The molecule has 0 unspecified atom stereocenters. The van der Waals surface area contributed by atoms with Gasteiger partial charge in [-0.1, -0.05) is 35.5 Å². The van der Waals surface area contributed by atoms with Crippen LogP contribution in [-0.2, 0) is 17.0 Å². The Bertz CT molecular complexity index is 1210. The molecule has 2 aromatic carbocycles. The van der Waals surface area contributed by atoms with Gasteiger partial charge < -0.3 is 14.3 Å². The highest BCUT2D eigenvalue weighted by molar-refractivity contribution is 7.98. The molecule has 5 rings (SSSR count). The summed E-state index contributed by atoms with van der Waals surface area (Å²) >= 11 is 1.63. The molecular weight excluding hydrogens is 460 g/mol. The number of hydrogen-bond donors (Lipinski definition) is 0. The number of aromatic nitrogens is 1. The van der Waals surface area contributed by atoms with Crippen molar-refractivity contribution in [1.82, 2.24) is 15.0 Å². The maximum Gasteiger partial charge on any atom is 0.255 e. The molecule has 8 heteroatoms. The summed E-state index contributed by atoms with van der Waals surface area (Å²) in [4.78, 5) is 33.3. The molecule has 3 heterocycles. The molecule has 3 aromatic rings. The largest absolute Gasteiger partial charge is 0.361 e. The average molecular weight is 491 g/mol. The highest BCUT2D eigenvalue weighted by Crippen LogP contribution is 2.30. The normalized spacial score (nSPS) is 15.9. The summed E-state index contributed by atoms with van der Waals surface area (Å²) in [5.74, 6) is 1.71. The second-order valence-corrected chi connectivity index (χ2v) is 10.1. The molecule has 1 fully saturated rings. The predicted molar refractivity (Wildman–Crippen MR) is 137 cm³/mol. The Morgan fingerprint density at radius 2 is 1.71 bits per heavy atom. The smallest absolute Gasteiger partial charge is 0.255 e. The summed E-state index contributed by atoms with van der Waals surface area (Å²) in [5, 5.41) is 4.03. The quantitative estimate of drug-likeness (QED) is 0.488. The zero-order chi connectivity index (χ0) is 24.4. The lowest BCUT2D eigenvalue weighted by Gasteiger charge is -2.35. The zero-order valence-corrected chi connectivity index (χ0v) is 21.0. The average Bonchev–Trinajstić information content (AvgIpc) is 3.46. The minimum Gasteiger partial charge on any atom is -0.361 e. The molecule has 0 N–H and O–H groups in total. The molecule has 1 aromatic heterocycles. The lowest BCUT2D eigenvalue weighted by atomic mass is 10.1. The molecule has 182 valence electrons. The molecule has 2 aliphatic rings. The SMILES string of the molecule is Cc1noc(C)c1CSc1ccccc1C(=O)N1CCN(CC(=O)N2CCc3ccccc32)CC1. The van der Waals surface area contributed by atoms with Gasteiger partial charge in [0.15, 0.2) is 0 Å². The molecule has 7 nitrogen and oxygen atoms in total. The van der Waals surface area contributed by atoms with Crippen molar-refractivity contribution in [2.45, 2.75) is 30.9 Å². The van der Waals surface area contributed by atoms with Crippen LogP contribution >= 0.6 is 11.8 Å². The van der Waals surface area contributed by atoms with Crippen LogP contribution in [0.25, 0.3) is 0 Å². The van der Waals surface area contributed by atoms with Gasteiger partial charge in [-0.05, 0) is 44.0 Å². The van der Waals surface area contributed by atoms with Gasteiger partial charge in [0, 0.05) is 54.6 Å². The summed E-state index contributed by atoms with van der Waals surface area (Å²) in [6, 6.07) is 15.9. The van der Waals surface area contributed by atoms with E-state index in [4.69, 9.17) is 4.52 Å². The van der Waals surface area contributed by atoms with E-state index in [1.165, 1.54) is 5.56 Å². The van der Waals surface area contributed by atoms with Crippen LogP contribution in [0.1, 0.15) is 32.9 Å². The minimum absolute atomic E-state index is 0.0475. The first-order valence-corrected chi connectivity index (χ1v) is 13.0. The molecule has 2 aliphatic heterocycles. The van der Waals surface area contributed by atoms with E-state index in [0.29, 0.717) is 38.5 Å². The molecule has 2 amide bonds. The Hall–Kier alpha value is -3.10. The second-order valence-electron chi connectivity index (χ2n) is 9.08. The topological polar surface area (TPSA) is 69.9 Å². The molecule has 0 aliphatic carbocycles. The van der Waals surface area contributed by atoms with Crippen molar-refractivity contribution in [3.05, 3.63) is 76.7 Å². The van der Waals surface area contributed by atoms with E-state index in [9.17, 15) is 9.59 Å². The number of benzene rings is 2. The molecule has 0 spiro atoms. The zero-order valence-electron chi connectivity index (χ0n) is 20.2. The number of piperazine rings is 1. The van der Waals surface area contributed by atoms with Crippen molar-refractivity contribution < 1.29 is 14.1 Å². The summed E-state index contributed by atoms with van der Waals surface area (Å²) in [5.41, 5.74) is 4.97. The number of fused-ring (bicyclic) bond motifs is 1. The van der Waals surface area contributed by atoms with Crippen LogP contribution in [0, 0.1) is 13.8 Å². The fraction of sp³-hybridized carbons (Fsp3) is 0.370. The molecule has 0 radical (unpaired) electrons. The van der Waals surface area contributed by atoms with E-state index in [1.54, 1.807) is 11.8 Å². The molecule has 1 saturated heterocycles. The van der Waals surface area contributed by atoms with Gasteiger partial charge in [-0.15, -0.1) is 11.8 Å². The van der Waals surface area contributed by atoms with Crippen LogP contribution in [0.2, 0.25) is 0 Å². The van der Waals surface area contributed by atoms with Crippen LogP contribution in [0.15, 0.2) is 57.9 Å². The van der Waals surface area contributed by atoms with Crippen LogP contribution in [0.4, 0.5) is 5.69 Å². The van der Waals surface area contributed by atoms with Crippen molar-refractivity contribution in [3.63, 3.8) is 0 Å². The van der Waals surface area contributed by atoms with Gasteiger partial charge >= 0.3 is 0 Å². The Kier molecular flexibility index (Phi) is 6.92. The summed E-state index contributed by atoms with van der Waals surface area (Å²) in [6.45, 7) is 7.62. The minimum atomic E-state index is 0.0475. The van der Waals surface area contributed by atoms with E-state index < -0.39 is 0 Å². The fourth-order valence-electron chi connectivity index (χ4n) is 4.78. The number of hydrogen-bond acceptors (Lipinski definition) is 6. The molecule has 0 bridgehead atoms. The second kappa shape index (κ2) is 10.3. The number of amides is 2. The Balaban J connectivity index is 1.17. The van der Waals surface area contributed by atoms with E-state index >= 15 is 0 Å². The van der Waals surface area contributed by atoms with E-state index in [1.807, 2.05) is 66.1 Å². The van der Waals surface area contributed by atoms with Gasteiger partial charge in [0.1, 0.15) is 5.76 Å². The van der Waals surface area contributed by atoms with Crippen LogP contribution in [-0.4, -0.2) is 66.0 Å². The molecule has 0 atom stereocenters. The third-order valence-corrected chi connectivity index (χ3v) is 7.98. The Morgan fingerprint density at radius 3 is 2.49 bits per heavy atom. The van der Waals surface area contributed by atoms with E-state index in [-0.39, 0.29) is 11.8 Å². The van der Waals surface area contributed by atoms with Crippen molar-refractivity contribution in [2.24, 2.45) is 0 Å². The number of thioether (sulfide) groups is 1. The highest BCUT2D eigenvalue weighted by atomic mass is 32.2. The molecule has 0 saturated carbocycles. The number of para-hydroxylation sites is 1. The first-order valence-electron chi connectivity index (χ1n) is 12.0.